The molecule has 3 heteroatoms. The second-order valence-corrected chi connectivity index (χ2v) is 6.91. The van der Waals surface area contributed by atoms with Gasteiger partial charge in [-0.3, -0.25) is 4.79 Å². The summed E-state index contributed by atoms with van der Waals surface area (Å²) in [6.45, 7) is 0. The van der Waals surface area contributed by atoms with E-state index in [9.17, 15) is 4.79 Å². The van der Waals surface area contributed by atoms with Crippen LogP contribution in [0.1, 0.15) is 0 Å². The minimum absolute atomic E-state index is 0.0591. The zero-order chi connectivity index (χ0) is 15.3. The van der Waals surface area contributed by atoms with Gasteiger partial charge in [0.15, 0.2) is 5.43 Å². The molecule has 0 spiro atoms. The van der Waals surface area contributed by atoms with Crippen molar-refractivity contribution in [3.63, 3.8) is 0 Å². The molecule has 0 heterocycles. The van der Waals surface area contributed by atoms with Crippen LogP contribution in [0.15, 0.2) is 74.4 Å². The van der Waals surface area contributed by atoms with Gasteiger partial charge in [0.1, 0.15) is 0 Å². The molecule has 0 aromatic heterocycles. The lowest BCUT2D eigenvalue weighted by Gasteiger charge is -2.02. The van der Waals surface area contributed by atoms with Crippen LogP contribution in [0.5, 0.6) is 0 Å². The summed E-state index contributed by atoms with van der Waals surface area (Å²) >= 11 is 7.23. The smallest absolute Gasteiger partial charge is 0.194 e. The summed E-state index contributed by atoms with van der Waals surface area (Å²) in [7, 11) is 0. The predicted molar refractivity (Wildman–Crippen MR) is 101 cm³/mol. The molecule has 0 saturated heterocycles. The highest BCUT2D eigenvalue weighted by molar-refractivity contribution is 9.11. The molecule has 0 saturated carbocycles. The summed E-state index contributed by atoms with van der Waals surface area (Å²) in [5.41, 5.74) is 0.0591. The number of halogens is 2. The van der Waals surface area contributed by atoms with Crippen LogP contribution in [0, 0.1) is 0 Å². The van der Waals surface area contributed by atoms with Crippen molar-refractivity contribution in [1.82, 2.24) is 0 Å². The molecule has 0 aliphatic carbocycles. The van der Waals surface area contributed by atoms with Crippen LogP contribution in [0.4, 0.5) is 0 Å². The van der Waals surface area contributed by atoms with E-state index in [2.05, 4.69) is 44.0 Å². The zero-order valence-corrected chi connectivity index (χ0v) is 14.6. The van der Waals surface area contributed by atoms with Gasteiger partial charge in [-0.05, 0) is 22.9 Å². The summed E-state index contributed by atoms with van der Waals surface area (Å²) < 4.78 is 1.88. The van der Waals surface area contributed by atoms with Crippen molar-refractivity contribution < 1.29 is 0 Å². The summed E-state index contributed by atoms with van der Waals surface area (Å²) in [4.78, 5) is 13.1. The normalized spacial score (nSPS) is 11.4. The van der Waals surface area contributed by atoms with Gasteiger partial charge < -0.3 is 0 Å². The number of hydrogen-bond donors (Lipinski definition) is 0. The van der Waals surface area contributed by atoms with Crippen molar-refractivity contribution in [2.75, 3.05) is 0 Å². The van der Waals surface area contributed by atoms with Crippen LogP contribution >= 0.6 is 31.9 Å². The molecule has 4 aromatic rings. The molecule has 22 heavy (non-hydrogen) atoms. The Kier molecular flexibility index (Phi) is 3.28. The second-order valence-electron chi connectivity index (χ2n) is 5.20. The highest BCUT2D eigenvalue weighted by atomic mass is 79.9. The first-order valence-electron chi connectivity index (χ1n) is 6.90. The Morgan fingerprint density at radius 2 is 0.955 bits per heavy atom. The van der Waals surface area contributed by atoms with E-state index in [1.807, 2.05) is 48.5 Å². The number of rotatable bonds is 0. The first kappa shape index (κ1) is 13.9. The Labute approximate surface area is 143 Å². The Bertz CT molecular complexity index is 1030. The van der Waals surface area contributed by atoms with Crippen molar-refractivity contribution >= 4 is 64.2 Å². The quantitative estimate of drug-likeness (QED) is 0.344. The van der Waals surface area contributed by atoms with Crippen molar-refractivity contribution in [2.24, 2.45) is 0 Å². The number of hydrogen-bond acceptors (Lipinski definition) is 1. The molecular formula is C19H10Br2O. The van der Waals surface area contributed by atoms with Crippen molar-refractivity contribution in [2.45, 2.75) is 0 Å². The molecule has 0 aliphatic heterocycles. The van der Waals surface area contributed by atoms with Crippen LogP contribution < -0.4 is 5.43 Å². The van der Waals surface area contributed by atoms with Gasteiger partial charge in [0.05, 0.1) is 0 Å². The van der Waals surface area contributed by atoms with Crippen LogP contribution in [0.25, 0.3) is 32.3 Å². The van der Waals surface area contributed by atoms with Gasteiger partial charge in [-0.2, -0.15) is 0 Å². The minimum Gasteiger partial charge on any atom is -0.289 e. The molecule has 106 valence electrons. The fourth-order valence-corrected chi connectivity index (χ4v) is 4.20. The molecular weight excluding hydrogens is 404 g/mol. The van der Waals surface area contributed by atoms with Crippen LogP contribution in [0.3, 0.4) is 0 Å². The molecule has 4 aromatic carbocycles. The second kappa shape index (κ2) is 5.18. The first-order chi connectivity index (χ1) is 10.7. The van der Waals surface area contributed by atoms with Crippen molar-refractivity contribution in [1.29, 1.82) is 0 Å². The van der Waals surface area contributed by atoms with E-state index in [1.54, 1.807) is 0 Å². The van der Waals surface area contributed by atoms with Gasteiger partial charge in [0, 0.05) is 30.5 Å². The zero-order valence-electron chi connectivity index (χ0n) is 11.4. The molecule has 0 atom stereocenters. The van der Waals surface area contributed by atoms with Crippen molar-refractivity contribution in [3.05, 3.63) is 79.8 Å². The van der Waals surface area contributed by atoms with E-state index in [0.29, 0.717) is 0 Å². The van der Waals surface area contributed by atoms with Gasteiger partial charge in [-0.1, -0.05) is 80.4 Å². The SMILES string of the molecule is O=c1c2cccc(Br)c2c2ccccc2c2c(Br)cccc12. The maximum atomic E-state index is 13.1. The molecule has 1 nitrogen and oxygen atoms in total. The van der Waals surface area contributed by atoms with E-state index in [4.69, 9.17) is 0 Å². The van der Waals surface area contributed by atoms with Crippen LogP contribution in [0.2, 0.25) is 0 Å². The van der Waals surface area contributed by atoms with Gasteiger partial charge >= 0.3 is 0 Å². The van der Waals surface area contributed by atoms with E-state index in [1.165, 1.54) is 0 Å². The minimum atomic E-state index is 0.0591. The maximum absolute atomic E-state index is 13.1. The Morgan fingerprint density at radius 3 is 1.41 bits per heavy atom. The largest absolute Gasteiger partial charge is 0.289 e. The average molecular weight is 414 g/mol. The van der Waals surface area contributed by atoms with E-state index < -0.39 is 0 Å². The highest BCUT2D eigenvalue weighted by Gasteiger charge is 2.12. The van der Waals surface area contributed by atoms with Gasteiger partial charge in [0.25, 0.3) is 0 Å². The fourth-order valence-electron chi connectivity index (χ4n) is 3.04. The molecule has 4 rings (SSSR count). The van der Waals surface area contributed by atoms with Gasteiger partial charge in [0.2, 0.25) is 0 Å². The molecule has 0 fully saturated rings. The highest BCUT2D eigenvalue weighted by Crippen LogP contribution is 2.35. The van der Waals surface area contributed by atoms with E-state index in [0.717, 1.165) is 41.3 Å². The third-order valence-corrected chi connectivity index (χ3v) is 5.30. The lowest BCUT2D eigenvalue weighted by atomic mass is 10.1. The van der Waals surface area contributed by atoms with Crippen LogP contribution in [-0.2, 0) is 0 Å². The van der Waals surface area contributed by atoms with Crippen LogP contribution in [-0.4, -0.2) is 0 Å². The molecule has 0 bridgehead atoms. The van der Waals surface area contributed by atoms with E-state index in [-0.39, 0.29) is 5.43 Å². The fraction of sp³-hybridized carbons (Fsp3) is 0. The number of fused-ring (bicyclic) bond motifs is 5. The third kappa shape index (κ3) is 1.93. The maximum Gasteiger partial charge on any atom is 0.194 e. The van der Waals surface area contributed by atoms with Gasteiger partial charge in [-0.15, -0.1) is 0 Å². The Balaban J connectivity index is 2.57. The third-order valence-electron chi connectivity index (χ3n) is 3.98. The van der Waals surface area contributed by atoms with E-state index >= 15 is 0 Å². The molecule has 0 unspecified atom stereocenters. The average Bonchev–Trinajstić information content (AvgIpc) is 2.64. The summed E-state index contributed by atoms with van der Waals surface area (Å²) in [5, 5.41) is 5.54. The van der Waals surface area contributed by atoms with Crippen molar-refractivity contribution in [3.8, 4) is 0 Å². The topological polar surface area (TPSA) is 17.1 Å². The predicted octanol–water partition coefficient (Wildman–Crippen LogP) is 6.03. The lowest BCUT2D eigenvalue weighted by Crippen LogP contribution is -1.98. The summed E-state index contributed by atoms with van der Waals surface area (Å²) in [6, 6.07) is 19.7. The monoisotopic (exact) mass is 412 g/mol. The molecule has 0 aliphatic rings. The molecule has 0 N–H and O–H groups in total. The Hall–Kier alpha value is -1.71. The molecule has 0 radical (unpaired) electrons. The molecule has 0 amide bonds. The summed E-state index contributed by atoms with van der Waals surface area (Å²) in [5.74, 6) is 0. The first-order valence-corrected chi connectivity index (χ1v) is 8.48. The van der Waals surface area contributed by atoms with Gasteiger partial charge in [-0.25, -0.2) is 0 Å². The Morgan fingerprint density at radius 1 is 0.545 bits per heavy atom. The summed E-state index contributed by atoms with van der Waals surface area (Å²) in [6.07, 6.45) is 0. The lowest BCUT2D eigenvalue weighted by molar-refractivity contribution is 1.71. The standard InChI is InChI=1S/C19H10Br2O/c20-15-9-3-7-13-17(15)11-5-1-2-6-12(11)18-14(19(13)22)8-4-10-16(18)21/h1-10H. The number of benzene rings is 3.